The van der Waals surface area contributed by atoms with Gasteiger partial charge in [-0.25, -0.2) is 9.59 Å². The van der Waals surface area contributed by atoms with Gasteiger partial charge in [-0.1, -0.05) is 11.6 Å². The number of carboxylic acid groups (broad SMARTS) is 2. The van der Waals surface area contributed by atoms with Crippen LogP contribution < -0.4 is 0 Å². The average Bonchev–Trinajstić information content (AvgIpc) is 2.13. The summed E-state index contributed by atoms with van der Waals surface area (Å²) in [6.45, 7) is 0. The second-order valence-corrected chi connectivity index (χ2v) is 4.74. The van der Waals surface area contributed by atoms with Crippen molar-refractivity contribution >= 4 is 33.7 Å². The largest absolute Gasteiger partial charge is 0.478 e. The van der Waals surface area contributed by atoms with Crippen LogP contribution in [0, 0.1) is 0 Å². The summed E-state index contributed by atoms with van der Waals surface area (Å²) in [5.41, 5.74) is -1.57. The van der Waals surface area contributed by atoms with E-state index in [4.69, 9.17) is 26.4 Å². The molecule has 0 saturated heterocycles. The predicted octanol–water partition coefficient (Wildman–Crippen LogP) is 0.983. The normalized spacial score (nSPS) is 11.2. The second-order valence-electron chi connectivity index (χ2n) is 2.91. The SMILES string of the molecule is O=C(O)c1cc(S(=O)(=O)O)cc(Cl)c1C(=O)O. The van der Waals surface area contributed by atoms with Crippen LogP contribution in [0.4, 0.5) is 0 Å². The number of hydrogen-bond acceptors (Lipinski definition) is 4. The summed E-state index contributed by atoms with van der Waals surface area (Å²) in [7, 11) is -4.66. The monoisotopic (exact) mass is 280 g/mol. The van der Waals surface area contributed by atoms with E-state index in [0.717, 1.165) is 0 Å². The third kappa shape index (κ3) is 2.73. The molecule has 0 fully saturated rings. The minimum absolute atomic E-state index is 0.521. The van der Waals surface area contributed by atoms with Crippen molar-refractivity contribution in [2.75, 3.05) is 0 Å². The zero-order valence-electron chi connectivity index (χ0n) is 7.92. The van der Waals surface area contributed by atoms with Gasteiger partial charge in [-0.2, -0.15) is 8.42 Å². The van der Waals surface area contributed by atoms with Gasteiger partial charge in [0.1, 0.15) is 0 Å². The minimum atomic E-state index is -4.66. The van der Waals surface area contributed by atoms with Crippen molar-refractivity contribution in [1.29, 1.82) is 0 Å². The Balaban J connectivity index is 3.70. The number of rotatable bonds is 3. The van der Waals surface area contributed by atoms with Crippen molar-refractivity contribution in [2.45, 2.75) is 4.90 Å². The molecule has 0 atom stereocenters. The molecule has 1 aromatic carbocycles. The Labute approximate surface area is 100 Å². The van der Waals surface area contributed by atoms with Crippen LogP contribution in [0.1, 0.15) is 20.7 Å². The molecule has 0 unspecified atom stereocenters. The van der Waals surface area contributed by atoms with Crippen molar-refractivity contribution in [3.05, 3.63) is 28.3 Å². The number of carboxylic acids is 2. The van der Waals surface area contributed by atoms with Crippen LogP contribution in [-0.2, 0) is 10.1 Å². The van der Waals surface area contributed by atoms with Crippen molar-refractivity contribution < 1.29 is 32.8 Å². The highest BCUT2D eigenvalue weighted by Gasteiger charge is 2.24. The number of carbonyl (C=O) groups is 2. The van der Waals surface area contributed by atoms with Crippen LogP contribution in [0.2, 0.25) is 5.02 Å². The molecule has 0 spiro atoms. The highest BCUT2D eigenvalue weighted by molar-refractivity contribution is 7.85. The van der Waals surface area contributed by atoms with Crippen LogP contribution in [-0.4, -0.2) is 35.1 Å². The molecule has 9 heteroatoms. The van der Waals surface area contributed by atoms with Gasteiger partial charge in [0.2, 0.25) is 0 Å². The molecule has 3 N–H and O–H groups in total. The van der Waals surface area contributed by atoms with Gasteiger partial charge < -0.3 is 10.2 Å². The van der Waals surface area contributed by atoms with Crippen LogP contribution >= 0.6 is 11.6 Å². The summed E-state index contributed by atoms with van der Waals surface area (Å²) in [4.78, 5) is 20.7. The lowest BCUT2D eigenvalue weighted by atomic mass is 10.1. The van der Waals surface area contributed by atoms with Crippen molar-refractivity contribution in [3.63, 3.8) is 0 Å². The lowest BCUT2D eigenvalue weighted by Gasteiger charge is -2.06. The summed E-state index contributed by atoms with van der Waals surface area (Å²) in [6.07, 6.45) is 0. The average molecular weight is 281 g/mol. The predicted molar refractivity (Wildman–Crippen MR) is 55.2 cm³/mol. The smallest absolute Gasteiger partial charge is 0.338 e. The van der Waals surface area contributed by atoms with Crippen LogP contribution in [0.5, 0.6) is 0 Å². The molecule has 0 aliphatic rings. The van der Waals surface area contributed by atoms with Gasteiger partial charge in [0.25, 0.3) is 10.1 Å². The Morgan fingerprint density at radius 2 is 1.65 bits per heavy atom. The molecular weight excluding hydrogens is 276 g/mol. The first kappa shape index (κ1) is 13.4. The summed E-state index contributed by atoms with van der Waals surface area (Å²) in [5.74, 6) is -3.29. The fourth-order valence-corrected chi connectivity index (χ4v) is 2.02. The summed E-state index contributed by atoms with van der Waals surface area (Å²) < 4.78 is 30.3. The number of halogens is 1. The molecule has 92 valence electrons. The van der Waals surface area contributed by atoms with Crippen molar-refractivity contribution in [2.24, 2.45) is 0 Å². The van der Waals surface area contributed by atoms with Crippen LogP contribution in [0.3, 0.4) is 0 Å². The van der Waals surface area contributed by atoms with Gasteiger partial charge in [0.05, 0.1) is 21.0 Å². The first-order chi connectivity index (χ1) is 7.64. The van der Waals surface area contributed by atoms with Gasteiger partial charge in [-0.15, -0.1) is 0 Å². The molecule has 0 heterocycles. The van der Waals surface area contributed by atoms with E-state index in [0.29, 0.717) is 12.1 Å². The second kappa shape index (κ2) is 4.32. The number of aromatic carboxylic acids is 2. The molecule has 7 nitrogen and oxygen atoms in total. The summed E-state index contributed by atoms with van der Waals surface area (Å²) in [5, 5.41) is 16.9. The lowest BCUT2D eigenvalue weighted by Crippen LogP contribution is -2.11. The molecule has 0 bridgehead atoms. The Kier molecular flexibility index (Phi) is 3.41. The minimum Gasteiger partial charge on any atom is -0.478 e. The van der Waals surface area contributed by atoms with Gasteiger partial charge in [-0.05, 0) is 12.1 Å². The van der Waals surface area contributed by atoms with Gasteiger partial charge in [-0.3, -0.25) is 4.55 Å². The number of benzene rings is 1. The van der Waals surface area contributed by atoms with Crippen molar-refractivity contribution in [1.82, 2.24) is 0 Å². The molecule has 1 rings (SSSR count). The Morgan fingerprint density at radius 1 is 1.12 bits per heavy atom. The number of hydrogen-bond donors (Lipinski definition) is 3. The van der Waals surface area contributed by atoms with Crippen LogP contribution in [0.15, 0.2) is 17.0 Å². The van der Waals surface area contributed by atoms with E-state index < -0.39 is 43.1 Å². The maximum atomic E-state index is 10.8. The molecule has 0 aliphatic heterocycles. The van der Waals surface area contributed by atoms with E-state index in [1.165, 1.54) is 0 Å². The zero-order chi connectivity index (χ0) is 13.4. The first-order valence-electron chi connectivity index (χ1n) is 3.92. The van der Waals surface area contributed by atoms with E-state index >= 15 is 0 Å². The van der Waals surface area contributed by atoms with E-state index in [-0.39, 0.29) is 0 Å². The molecule has 0 radical (unpaired) electrons. The topological polar surface area (TPSA) is 129 Å². The molecule has 0 aromatic heterocycles. The summed E-state index contributed by atoms with van der Waals surface area (Å²) >= 11 is 5.46. The Morgan fingerprint density at radius 3 is 2.00 bits per heavy atom. The van der Waals surface area contributed by atoms with E-state index in [2.05, 4.69) is 0 Å². The fourth-order valence-electron chi connectivity index (χ4n) is 1.12. The first-order valence-corrected chi connectivity index (χ1v) is 5.74. The highest BCUT2D eigenvalue weighted by atomic mass is 35.5. The van der Waals surface area contributed by atoms with Crippen molar-refractivity contribution in [3.8, 4) is 0 Å². The maximum absolute atomic E-state index is 10.8. The van der Waals surface area contributed by atoms with Gasteiger partial charge in [0, 0.05) is 0 Å². The fraction of sp³-hybridized carbons (Fsp3) is 0. The highest BCUT2D eigenvalue weighted by Crippen LogP contribution is 2.25. The third-order valence-corrected chi connectivity index (χ3v) is 2.94. The van der Waals surface area contributed by atoms with E-state index in [9.17, 15) is 18.0 Å². The molecular formula is C8H5ClO7S. The Hall–Kier alpha value is -1.64. The standard InChI is InChI=1S/C8H5ClO7S/c9-5-2-3(17(14,15)16)1-4(7(10)11)6(5)8(12)13/h1-2H,(H,10,11)(H,12,13)(H,14,15,16). The zero-order valence-corrected chi connectivity index (χ0v) is 9.49. The molecule has 0 saturated carbocycles. The third-order valence-electron chi connectivity index (χ3n) is 1.81. The molecule has 0 aliphatic carbocycles. The maximum Gasteiger partial charge on any atom is 0.338 e. The van der Waals surface area contributed by atoms with E-state index in [1.807, 2.05) is 0 Å². The lowest BCUT2D eigenvalue weighted by molar-refractivity contribution is 0.0651. The van der Waals surface area contributed by atoms with E-state index in [1.54, 1.807) is 0 Å². The molecule has 1 aromatic rings. The Bertz CT molecular complexity index is 605. The quantitative estimate of drug-likeness (QED) is 0.704. The molecule has 17 heavy (non-hydrogen) atoms. The van der Waals surface area contributed by atoms with Gasteiger partial charge >= 0.3 is 11.9 Å². The molecule has 0 amide bonds. The van der Waals surface area contributed by atoms with Crippen LogP contribution in [0.25, 0.3) is 0 Å². The van der Waals surface area contributed by atoms with Gasteiger partial charge in [0.15, 0.2) is 0 Å². The summed E-state index contributed by atoms with van der Waals surface area (Å²) in [6, 6.07) is 1.18.